The predicted octanol–water partition coefficient (Wildman–Crippen LogP) is 3.71. The van der Waals surface area contributed by atoms with Crippen LogP contribution in [0.5, 0.6) is 0 Å². The van der Waals surface area contributed by atoms with Gasteiger partial charge in [0.15, 0.2) is 5.69 Å². The van der Waals surface area contributed by atoms with E-state index in [9.17, 15) is 18.0 Å². The summed E-state index contributed by atoms with van der Waals surface area (Å²) >= 11 is 0.691. The maximum atomic E-state index is 12.6. The molecule has 108 valence electrons. The first-order chi connectivity index (χ1) is 9.75. The molecule has 0 saturated heterocycles. The number of benzene rings is 1. The van der Waals surface area contributed by atoms with Gasteiger partial charge in [-0.3, -0.25) is 0 Å². The lowest BCUT2D eigenvalue weighted by Gasteiger charge is -2.08. The summed E-state index contributed by atoms with van der Waals surface area (Å²) in [6.07, 6.45) is -4.60. The van der Waals surface area contributed by atoms with Crippen molar-refractivity contribution in [3.05, 3.63) is 39.9 Å². The van der Waals surface area contributed by atoms with Crippen LogP contribution in [0.2, 0.25) is 0 Å². The minimum Gasteiger partial charge on any atom is -0.478 e. The predicted molar refractivity (Wildman–Crippen MR) is 69.0 cm³/mol. The van der Waals surface area contributed by atoms with Crippen molar-refractivity contribution in [2.75, 3.05) is 0 Å². The Morgan fingerprint density at radius 3 is 2.57 bits per heavy atom. The molecule has 0 aliphatic rings. The molecule has 0 fully saturated rings. The van der Waals surface area contributed by atoms with E-state index in [1.54, 1.807) is 0 Å². The quantitative estimate of drug-likeness (QED) is 0.917. The van der Waals surface area contributed by atoms with Gasteiger partial charge in [0.05, 0.1) is 17.2 Å². The maximum absolute atomic E-state index is 12.6. The standard InChI is InChI=1S/C13H7F3N2O2S/c1-6-7(4-17)2-3-8(12(19)20)10(6)11-18-9(5-21-11)13(14,15)16/h2-3,5H,1H3,(H,19,20). The molecule has 1 aromatic carbocycles. The number of thiazole rings is 1. The fourth-order valence-corrected chi connectivity index (χ4v) is 2.75. The van der Waals surface area contributed by atoms with E-state index in [-0.39, 0.29) is 21.7 Å². The number of aromatic carboxylic acids is 1. The molecule has 0 saturated carbocycles. The number of carboxylic acids is 1. The van der Waals surface area contributed by atoms with Crippen LogP contribution in [0.1, 0.15) is 27.2 Å². The van der Waals surface area contributed by atoms with E-state index < -0.39 is 17.8 Å². The minimum atomic E-state index is -4.60. The van der Waals surface area contributed by atoms with Gasteiger partial charge < -0.3 is 5.11 Å². The summed E-state index contributed by atoms with van der Waals surface area (Å²) in [7, 11) is 0. The highest BCUT2D eigenvalue weighted by Gasteiger charge is 2.34. The number of rotatable bonds is 2. The zero-order chi connectivity index (χ0) is 15.8. The topological polar surface area (TPSA) is 74.0 Å². The highest BCUT2D eigenvalue weighted by molar-refractivity contribution is 7.13. The smallest absolute Gasteiger partial charge is 0.434 e. The first kappa shape index (κ1) is 15.0. The Bertz CT molecular complexity index is 760. The van der Waals surface area contributed by atoms with Crippen molar-refractivity contribution in [1.82, 2.24) is 4.98 Å². The summed E-state index contributed by atoms with van der Waals surface area (Å²) in [5.41, 5.74) is -0.739. The van der Waals surface area contributed by atoms with E-state index in [1.807, 2.05) is 6.07 Å². The van der Waals surface area contributed by atoms with Gasteiger partial charge in [-0.25, -0.2) is 9.78 Å². The Balaban J connectivity index is 2.70. The molecule has 1 aromatic heterocycles. The molecule has 8 heteroatoms. The van der Waals surface area contributed by atoms with E-state index in [1.165, 1.54) is 19.1 Å². The molecule has 0 bridgehead atoms. The highest BCUT2D eigenvalue weighted by Crippen LogP contribution is 2.36. The highest BCUT2D eigenvalue weighted by atomic mass is 32.1. The third-order valence-electron chi connectivity index (χ3n) is 2.82. The monoisotopic (exact) mass is 312 g/mol. The van der Waals surface area contributed by atoms with Crippen LogP contribution < -0.4 is 0 Å². The van der Waals surface area contributed by atoms with Crippen molar-refractivity contribution in [2.45, 2.75) is 13.1 Å². The summed E-state index contributed by atoms with van der Waals surface area (Å²) < 4.78 is 37.8. The van der Waals surface area contributed by atoms with Gasteiger partial charge in [0, 0.05) is 10.9 Å². The second-order valence-corrected chi connectivity index (χ2v) is 4.97. The molecule has 1 heterocycles. The Morgan fingerprint density at radius 2 is 2.10 bits per heavy atom. The number of carbonyl (C=O) groups is 1. The van der Waals surface area contributed by atoms with Crippen molar-refractivity contribution in [1.29, 1.82) is 5.26 Å². The number of hydrogen-bond donors (Lipinski definition) is 1. The van der Waals surface area contributed by atoms with Gasteiger partial charge >= 0.3 is 12.1 Å². The third kappa shape index (κ3) is 2.73. The maximum Gasteiger partial charge on any atom is 0.434 e. The fourth-order valence-electron chi connectivity index (χ4n) is 1.81. The molecule has 4 nitrogen and oxygen atoms in total. The van der Waals surface area contributed by atoms with Crippen LogP contribution in [0.25, 0.3) is 10.6 Å². The van der Waals surface area contributed by atoms with Crippen LogP contribution in [0, 0.1) is 18.3 Å². The largest absolute Gasteiger partial charge is 0.478 e. The Kier molecular flexibility index (Phi) is 3.70. The number of aromatic nitrogens is 1. The lowest BCUT2D eigenvalue weighted by molar-refractivity contribution is -0.140. The molecule has 2 rings (SSSR count). The Labute approximate surface area is 121 Å². The Hall–Kier alpha value is -2.40. The van der Waals surface area contributed by atoms with Gasteiger partial charge in [-0.1, -0.05) is 0 Å². The van der Waals surface area contributed by atoms with E-state index in [0.717, 1.165) is 5.38 Å². The first-order valence-corrected chi connectivity index (χ1v) is 6.43. The van der Waals surface area contributed by atoms with Crippen molar-refractivity contribution < 1.29 is 23.1 Å². The number of carboxylic acid groups (broad SMARTS) is 1. The van der Waals surface area contributed by atoms with Gasteiger partial charge in [0.25, 0.3) is 0 Å². The molecule has 2 aromatic rings. The number of nitrogens with zero attached hydrogens (tertiary/aromatic N) is 2. The van der Waals surface area contributed by atoms with Gasteiger partial charge in [0.1, 0.15) is 5.01 Å². The number of alkyl halides is 3. The van der Waals surface area contributed by atoms with Crippen LogP contribution in [-0.2, 0) is 6.18 Å². The van der Waals surface area contributed by atoms with Gasteiger partial charge in [-0.05, 0) is 24.6 Å². The number of halogens is 3. The van der Waals surface area contributed by atoms with E-state index in [2.05, 4.69) is 4.98 Å². The molecular formula is C13H7F3N2O2S. The van der Waals surface area contributed by atoms with E-state index in [0.29, 0.717) is 16.9 Å². The van der Waals surface area contributed by atoms with Crippen LogP contribution in [-0.4, -0.2) is 16.1 Å². The number of nitriles is 1. The van der Waals surface area contributed by atoms with Gasteiger partial charge in [-0.2, -0.15) is 18.4 Å². The van der Waals surface area contributed by atoms with Crippen LogP contribution in [0.3, 0.4) is 0 Å². The third-order valence-corrected chi connectivity index (χ3v) is 3.68. The second-order valence-electron chi connectivity index (χ2n) is 4.11. The molecule has 21 heavy (non-hydrogen) atoms. The van der Waals surface area contributed by atoms with Crippen molar-refractivity contribution in [3.63, 3.8) is 0 Å². The lowest BCUT2D eigenvalue weighted by Crippen LogP contribution is -2.06. The molecule has 0 unspecified atom stereocenters. The summed E-state index contributed by atoms with van der Waals surface area (Å²) in [4.78, 5) is 14.7. The average molecular weight is 312 g/mol. The molecule has 0 spiro atoms. The summed E-state index contributed by atoms with van der Waals surface area (Å²) in [6, 6.07) is 4.38. The van der Waals surface area contributed by atoms with Crippen LogP contribution >= 0.6 is 11.3 Å². The molecule has 0 amide bonds. The second kappa shape index (κ2) is 5.18. The van der Waals surface area contributed by atoms with Crippen molar-refractivity contribution in [3.8, 4) is 16.6 Å². The molecule has 0 aliphatic heterocycles. The summed E-state index contributed by atoms with van der Waals surface area (Å²) in [6.45, 7) is 1.48. The fraction of sp³-hybridized carbons (Fsp3) is 0.154. The minimum absolute atomic E-state index is 0.0436. The van der Waals surface area contributed by atoms with Gasteiger partial charge in [-0.15, -0.1) is 11.3 Å². The molecule has 0 radical (unpaired) electrons. The van der Waals surface area contributed by atoms with Crippen LogP contribution in [0.4, 0.5) is 13.2 Å². The van der Waals surface area contributed by atoms with Gasteiger partial charge in [0.2, 0.25) is 0 Å². The molecule has 0 atom stereocenters. The molecule has 0 aliphatic carbocycles. The normalized spacial score (nSPS) is 11.2. The van der Waals surface area contributed by atoms with Crippen molar-refractivity contribution in [2.24, 2.45) is 0 Å². The Morgan fingerprint density at radius 1 is 1.43 bits per heavy atom. The molecular weight excluding hydrogens is 305 g/mol. The number of hydrogen-bond acceptors (Lipinski definition) is 4. The molecule has 1 N–H and O–H groups in total. The zero-order valence-electron chi connectivity index (χ0n) is 10.5. The summed E-state index contributed by atoms with van der Waals surface area (Å²) in [5, 5.41) is 18.9. The van der Waals surface area contributed by atoms with E-state index >= 15 is 0 Å². The SMILES string of the molecule is Cc1c(C#N)ccc(C(=O)O)c1-c1nc(C(F)(F)F)cs1. The summed E-state index contributed by atoms with van der Waals surface area (Å²) in [5.74, 6) is -1.29. The van der Waals surface area contributed by atoms with Crippen molar-refractivity contribution >= 4 is 17.3 Å². The lowest BCUT2D eigenvalue weighted by atomic mass is 9.98. The zero-order valence-corrected chi connectivity index (χ0v) is 11.3. The van der Waals surface area contributed by atoms with Crippen LogP contribution in [0.15, 0.2) is 17.5 Å². The first-order valence-electron chi connectivity index (χ1n) is 5.55. The average Bonchev–Trinajstić information content (AvgIpc) is 2.87. The van der Waals surface area contributed by atoms with E-state index in [4.69, 9.17) is 10.4 Å².